The highest BCUT2D eigenvalue weighted by Crippen LogP contribution is 2.06. The molecule has 0 radical (unpaired) electrons. The summed E-state index contributed by atoms with van der Waals surface area (Å²) in [5.41, 5.74) is 0. The van der Waals surface area contributed by atoms with Crippen molar-refractivity contribution in [3.63, 3.8) is 0 Å². The predicted molar refractivity (Wildman–Crippen MR) is 50.8 cm³/mol. The van der Waals surface area contributed by atoms with E-state index in [2.05, 4.69) is 6.92 Å². The molecule has 1 aliphatic rings. The fraction of sp³-hybridized carbons (Fsp3) is 0.900. The smallest absolute Gasteiger partial charge is 0.308 e. The van der Waals surface area contributed by atoms with Crippen molar-refractivity contribution in [2.75, 3.05) is 19.8 Å². The minimum atomic E-state index is -0.488. The van der Waals surface area contributed by atoms with Crippen molar-refractivity contribution in [2.24, 2.45) is 0 Å². The molecule has 1 saturated heterocycles. The average Bonchev–Trinajstić information content (AvgIpc) is 2.20. The van der Waals surface area contributed by atoms with Gasteiger partial charge >= 0.3 is 5.97 Å². The van der Waals surface area contributed by atoms with Gasteiger partial charge in [-0.3, -0.25) is 4.79 Å². The standard InChI is InChI=1S/C10H18O4/c1-2-3-4-5-9(11)14-10-8-12-6-7-13-10/h10H,2-8H2,1H3/t10-/m0/s1. The van der Waals surface area contributed by atoms with E-state index < -0.39 is 6.29 Å². The van der Waals surface area contributed by atoms with Crippen molar-refractivity contribution in [3.8, 4) is 0 Å². The lowest BCUT2D eigenvalue weighted by molar-refractivity contribution is -0.214. The largest absolute Gasteiger partial charge is 0.433 e. The third-order valence-corrected chi connectivity index (χ3v) is 2.03. The number of ether oxygens (including phenoxy) is 3. The molecule has 0 spiro atoms. The molecule has 0 N–H and O–H groups in total. The topological polar surface area (TPSA) is 44.8 Å². The SMILES string of the molecule is CCCCCC(=O)O[C@H]1COCCO1. The van der Waals surface area contributed by atoms with Crippen LogP contribution in [-0.2, 0) is 19.0 Å². The molecule has 0 aromatic carbocycles. The van der Waals surface area contributed by atoms with Gasteiger partial charge in [0.1, 0.15) is 6.61 Å². The predicted octanol–water partition coefficient (Wildman–Crippen LogP) is 1.48. The molecule has 1 fully saturated rings. The quantitative estimate of drug-likeness (QED) is 0.500. The zero-order valence-corrected chi connectivity index (χ0v) is 8.66. The number of carbonyl (C=O) groups is 1. The first-order valence-corrected chi connectivity index (χ1v) is 5.21. The van der Waals surface area contributed by atoms with Gasteiger partial charge in [-0.1, -0.05) is 19.8 Å². The van der Waals surface area contributed by atoms with Gasteiger partial charge in [0.25, 0.3) is 0 Å². The molecule has 1 atom stereocenters. The van der Waals surface area contributed by atoms with E-state index in [4.69, 9.17) is 14.2 Å². The van der Waals surface area contributed by atoms with Crippen LogP contribution < -0.4 is 0 Å². The highest BCUT2D eigenvalue weighted by atomic mass is 16.7. The Morgan fingerprint density at radius 1 is 1.43 bits per heavy atom. The lowest BCUT2D eigenvalue weighted by Crippen LogP contribution is -2.32. The molecule has 0 amide bonds. The minimum Gasteiger partial charge on any atom is -0.433 e. The lowest BCUT2D eigenvalue weighted by atomic mass is 10.2. The molecule has 4 heteroatoms. The van der Waals surface area contributed by atoms with Gasteiger partial charge in [-0.25, -0.2) is 0 Å². The summed E-state index contributed by atoms with van der Waals surface area (Å²) in [5, 5.41) is 0. The molecule has 0 aliphatic carbocycles. The van der Waals surface area contributed by atoms with Gasteiger partial charge in [0.15, 0.2) is 0 Å². The van der Waals surface area contributed by atoms with Crippen molar-refractivity contribution >= 4 is 5.97 Å². The van der Waals surface area contributed by atoms with Crippen LogP contribution in [0.2, 0.25) is 0 Å². The Kier molecular flexibility index (Phi) is 5.56. The second-order valence-corrected chi connectivity index (χ2v) is 3.32. The monoisotopic (exact) mass is 202 g/mol. The summed E-state index contributed by atoms with van der Waals surface area (Å²) in [4.78, 5) is 11.2. The Hall–Kier alpha value is -0.610. The first-order valence-electron chi connectivity index (χ1n) is 5.21. The minimum absolute atomic E-state index is 0.186. The van der Waals surface area contributed by atoms with Gasteiger partial charge in [0.2, 0.25) is 6.29 Å². The van der Waals surface area contributed by atoms with Crippen molar-refractivity contribution < 1.29 is 19.0 Å². The maximum Gasteiger partial charge on any atom is 0.308 e. The van der Waals surface area contributed by atoms with Crippen LogP contribution in [0.4, 0.5) is 0 Å². The van der Waals surface area contributed by atoms with Crippen molar-refractivity contribution in [2.45, 2.75) is 38.9 Å². The molecule has 0 unspecified atom stereocenters. The Morgan fingerprint density at radius 3 is 2.93 bits per heavy atom. The van der Waals surface area contributed by atoms with Crippen LogP contribution in [0.25, 0.3) is 0 Å². The maximum absolute atomic E-state index is 11.2. The number of hydrogen-bond donors (Lipinski definition) is 0. The average molecular weight is 202 g/mol. The molecule has 4 nitrogen and oxygen atoms in total. The van der Waals surface area contributed by atoms with Crippen molar-refractivity contribution in [1.29, 1.82) is 0 Å². The summed E-state index contributed by atoms with van der Waals surface area (Å²) in [6, 6.07) is 0. The summed E-state index contributed by atoms with van der Waals surface area (Å²) in [6.45, 7) is 3.56. The van der Waals surface area contributed by atoms with Gasteiger partial charge in [-0.15, -0.1) is 0 Å². The van der Waals surface area contributed by atoms with E-state index in [1.54, 1.807) is 0 Å². The maximum atomic E-state index is 11.2. The van der Waals surface area contributed by atoms with E-state index in [0.717, 1.165) is 19.3 Å². The lowest BCUT2D eigenvalue weighted by Gasteiger charge is -2.22. The Bertz CT molecular complexity index is 164. The van der Waals surface area contributed by atoms with E-state index in [-0.39, 0.29) is 5.97 Å². The number of unbranched alkanes of at least 4 members (excludes halogenated alkanes) is 2. The van der Waals surface area contributed by atoms with E-state index in [1.165, 1.54) is 0 Å². The van der Waals surface area contributed by atoms with Crippen molar-refractivity contribution in [3.05, 3.63) is 0 Å². The summed E-state index contributed by atoms with van der Waals surface area (Å²) in [6.07, 6.45) is 3.06. The van der Waals surface area contributed by atoms with Crippen LogP contribution >= 0.6 is 0 Å². The van der Waals surface area contributed by atoms with Gasteiger partial charge in [0, 0.05) is 6.42 Å². The molecule has 1 aliphatic heterocycles. The van der Waals surface area contributed by atoms with Gasteiger partial charge in [-0.05, 0) is 6.42 Å². The number of esters is 1. The van der Waals surface area contributed by atoms with Crippen LogP contribution in [-0.4, -0.2) is 32.1 Å². The molecular formula is C10H18O4. The molecule has 82 valence electrons. The van der Waals surface area contributed by atoms with Gasteiger partial charge < -0.3 is 14.2 Å². The molecule has 0 aromatic heterocycles. The molecule has 0 bridgehead atoms. The number of hydrogen-bond acceptors (Lipinski definition) is 4. The summed E-state index contributed by atoms with van der Waals surface area (Å²) >= 11 is 0. The zero-order chi connectivity index (χ0) is 10.2. The third kappa shape index (κ3) is 4.58. The molecular weight excluding hydrogens is 184 g/mol. The fourth-order valence-corrected chi connectivity index (χ4v) is 1.26. The van der Waals surface area contributed by atoms with Crippen molar-refractivity contribution in [1.82, 2.24) is 0 Å². The molecule has 0 aromatic rings. The highest BCUT2D eigenvalue weighted by molar-refractivity contribution is 5.69. The fourth-order valence-electron chi connectivity index (χ4n) is 1.26. The van der Waals surface area contributed by atoms with E-state index in [9.17, 15) is 4.79 Å². The van der Waals surface area contributed by atoms with Crippen LogP contribution in [0.5, 0.6) is 0 Å². The molecule has 1 rings (SSSR count). The second-order valence-electron chi connectivity index (χ2n) is 3.32. The molecule has 0 saturated carbocycles. The van der Waals surface area contributed by atoms with Crippen LogP contribution in [0, 0.1) is 0 Å². The Balaban J connectivity index is 2.06. The van der Waals surface area contributed by atoms with Gasteiger partial charge in [0.05, 0.1) is 13.2 Å². The Morgan fingerprint density at radius 2 is 2.29 bits per heavy atom. The van der Waals surface area contributed by atoms with Crippen LogP contribution in [0.15, 0.2) is 0 Å². The number of carbonyl (C=O) groups excluding carboxylic acids is 1. The third-order valence-electron chi connectivity index (χ3n) is 2.03. The highest BCUT2D eigenvalue weighted by Gasteiger charge is 2.18. The van der Waals surface area contributed by atoms with E-state index >= 15 is 0 Å². The second kappa shape index (κ2) is 6.79. The van der Waals surface area contributed by atoms with Gasteiger partial charge in [-0.2, -0.15) is 0 Å². The first kappa shape index (κ1) is 11.5. The van der Waals surface area contributed by atoms with E-state index in [0.29, 0.717) is 26.2 Å². The summed E-state index contributed by atoms with van der Waals surface area (Å²) in [7, 11) is 0. The normalized spacial score (nSPS) is 21.9. The molecule has 1 heterocycles. The van der Waals surface area contributed by atoms with Crippen LogP contribution in [0.1, 0.15) is 32.6 Å². The van der Waals surface area contributed by atoms with E-state index in [1.807, 2.05) is 0 Å². The zero-order valence-electron chi connectivity index (χ0n) is 8.66. The first-order chi connectivity index (χ1) is 6.83. The summed E-state index contributed by atoms with van der Waals surface area (Å²) < 4.78 is 15.3. The number of rotatable bonds is 5. The molecule has 14 heavy (non-hydrogen) atoms. The van der Waals surface area contributed by atoms with Crippen LogP contribution in [0.3, 0.4) is 0 Å². The summed E-state index contributed by atoms with van der Waals surface area (Å²) in [5.74, 6) is -0.186. The Labute approximate surface area is 84.5 Å².